The molecule has 2 amide bonds. The molecule has 7 nitrogen and oxygen atoms in total. The van der Waals surface area contributed by atoms with Crippen molar-refractivity contribution in [3.05, 3.63) is 108 Å². The average Bonchev–Trinajstić information content (AvgIpc) is 3.70. The Hall–Kier alpha value is -3.97. The summed E-state index contributed by atoms with van der Waals surface area (Å²) >= 11 is 0. The quantitative estimate of drug-likeness (QED) is 0.330. The van der Waals surface area contributed by atoms with Gasteiger partial charge in [0.15, 0.2) is 0 Å². The first-order valence-electron chi connectivity index (χ1n) is 12.5. The molecule has 0 saturated carbocycles. The highest BCUT2D eigenvalue weighted by atomic mass is 16.4. The fourth-order valence-electron chi connectivity index (χ4n) is 5.04. The minimum atomic E-state index is -1.09. The van der Waals surface area contributed by atoms with Crippen LogP contribution in [0.15, 0.2) is 91.0 Å². The molecule has 0 spiro atoms. The molecule has 2 unspecified atom stereocenters. The molecular formula is C30H33N3O4. The maximum Gasteiger partial charge on any atom is 0.326 e. The van der Waals surface area contributed by atoms with Crippen LogP contribution >= 0.6 is 0 Å². The molecule has 1 heterocycles. The number of hydrogen-bond donors (Lipinski definition) is 2. The maximum absolute atomic E-state index is 13.5. The van der Waals surface area contributed by atoms with E-state index in [0.29, 0.717) is 6.54 Å². The van der Waals surface area contributed by atoms with Crippen LogP contribution in [0.5, 0.6) is 0 Å². The van der Waals surface area contributed by atoms with Gasteiger partial charge in [0.1, 0.15) is 12.1 Å². The van der Waals surface area contributed by atoms with Gasteiger partial charge in [-0.2, -0.15) is 0 Å². The highest BCUT2D eigenvalue weighted by Gasteiger charge is 2.56. The van der Waals surface area contributed by atoms with E-state index in [1.54, 1.807) is 20.9 Å². The van der Waals surface area contributed by atoms with E-state index in [9.17, 15) is 19.5 Å². The van der Waals surface area contributed by atoms with E-state index < -0.39 is 29.5 Å². The van der Waals surface area contributed by atoms with Crippen molar-refractivity contribution in [1.29, 1.82) is 0 Å². The van der Waals surface area contributed by atoms with Crippen molar-refractivity contribution in [3.8, 4) is 0 Å². The van der Waals surface area contributed by atoms with Gasteiger partial charge in [-0.1, -0.05) is 105 Å². The zero-order chi connectivity index (χ0) is 26.6. The second kappa shape index (κ2) is 11.0. The largest absolute Gasteiger partial charge is 0.480 e. The molecule has 3 aromatic rings. The molecule has 3 aromatic carbocycles. The number of hydrogen-bond acceptors (Lipinski definition) is 4. The first-order valence-corrected chi connectivity index (χ1v) is 12.5. The van der Waals surface area contributed by atoms with Crippen molar-refractivity contribution in [2.45, 2.75) is 31.5 Å². The molecule has 1 aliphatic rings. The van der Waals surface area contributed by atoms with E-state index in [-0.39, 0.29) is 18.4 Å². The predicted octanol–water partition coefficient (Wildman–Crippen LogP) is 3.35. The summed E-state index contributed by atoms with van der Waals surface area (Å²) in [5.41, 5.74) is 2.44. The van der Waals surface area contributed by atoms with Crippen LogP contribution in [0.4, 0.5) is 0 Å². The Morgan fingerprint density at radius 2 is 1.32 bits per heavy atom. The first-order chi connectivity index (χ1) is 17.8. The predicted molar refractivity (Wildman–Crippen MR) is 142 cm³/mol. The fraction of sp³-hybridized carbons (Fsp3) is 0.300. The van der Waals surface area contributed by atoms with Crippen molar-refractivity contribution in [1.82, 2.24) is 15.1 Å². The van der Waals surface area contributed by atoms with Gasteiger partial charge in [-0.05, 0) is 22.6 Å². The average molecular weight is 500 g/mol. The van der Waals surface area contributed by atoms with Gasteiger partial charge in [0.2, 0.25) is 11.8 Å². The number of carboxylic acid groups (broad SMARTS) is 1. The zero-order valence-corrected chi connectivity index (χ0v) is 21.4. The first kappa shape index (κ1) is 26.1. The normalized spacial score (nSPS) is 17.6. The Balaban J connectivity index is 1.64. The Morgan fingerprint density at radius 1 is 0.892 bits per heavy atom. The van der Waals surface area contributed by atoms with E-state index in [1.807, 2.05) is 54.6 Å². The van der Waals surface area contributed by atoms with Crippen LogP contribution in [-0.2, 0) is 19.9 Å². The van der Waals surface area contributed by atoms with Gasteiger partial charge in [-0.3, -0.25) is 14.5 Å². The van der Waals surface area contributed by atoms with Gasteiger partial charge in [0, 0.05) is 13.6 Å². The SMILES string of the molecule is CC(C)[C@H](NC(=O)CN(C)C(=O)C1CN1C(c1ccccc1)(c1ccccc1)c1ccccc1)C(=O)O. The number of rotatable bonds is 10. The number of carbonyl (C=O) groups excluding carboxylic acids is 2. The van der Waals surface area contributed by atoms with Crippen LogP contribution < -0.4 is 5.32 Å². The fourth-order valence-corrected chi connectivity index (χ4v) is 5.04. The molecule has 7 heteroatoms. The van der Waals surface area contributed by atoms with Crippen LogP contribution in [0.25, 0.3) is 0 Å². The molecule has 0 aromatic heterocycles. The highest BCUT2D eigenvalue weighted by molar-refractivity contribution is 5.91. The minimum Gasteiger partial charge on any atom is -0.480 e. The third-order valence-electron chi connectivity index (χ3n) is 6.91. The number of aliphatic carboxylic acids is 1. The number of amides is 2. The van der Waals surface area contributed by atoms with E-state index in [2.05, 4.69) is 46.6 Å². The van der Waals surface area contributed by atoms with Crippen LogP contribution in [0.1, 0.15) is 30.5 Å². The van der Waals surface area contributed by atoms with E-state index >= 15 is 0 Å². The number of nitrogens with one attached hydrogen (secondary N) is 1. The van der Waals surface area contributed by atoms with E-state index in [0.717, 1.165) is 16.7 Å². The lowest BCUT2D eigenvalue weighted by Crippen LogP contribution is -2.49. The second-order valence-corrected chi connectivity index (χ2v) is 9.80. The van der Waals surface area contributed by atoms with Crippen molar-refractivity contribution in [2.75, 3.05) is 20.1 Å². The van der Waals surface area contributed by atoms with Gasteiger partial charge < -0.3 is 15.3 Å². The molecule has 1 fully saturated rings. The van der Waals surface area contributed by atoms with Gasteiger partial charge >= 0.3 is 5.97 Å². The monoisotopic (exact) mass is 499 g/mol. The number of nitrogens with zero attached hydrogens (tertiary/aromatic N) is 2. The van der Waals surface area contributed by atoms with Crippen molar-refractivity contribution < 1.29 is 19.5 Å². The summed E-state index contributed by atoms with van der Waals surface area (Å²) in [4.78, 5) is 41.1. The van der Waals surface area contributed by atoms with E-state index in [1.165, 1.54) is 4.90 Å². The standard InChI is InChI=1S/C30H33N3O4/c1-21(2)27(29(36)37)31-26(34)20-32(3)28(35)25-19-33(25)30(22-13-7-4-8-14-22,23-15-9-5-10-16-23)24-17-11-6-12-18-24/h4-18,21,25,27H,19-20H2,1-3H3,(H,31,34)(H,36,37)/t25?,27-,33?/m0/s1. The third-order valence-corrected chi connectivity index (χ3v) is 6.91. The summed E-state index contributed by atoms with van der Waals surface area (Å²) in [6, 6.07) is 29.0. The van der Waals surface area contributed by atoms with Crippen LogP contribution in [0.3, 0.4) is 0 Å². The van der Waals surface area contributed by atoms with Crippen LogP contribution in [0.2, 0.25) is 0 Å². The topological polar surface area (TPSA) is 89.7 Å². The number of carboxylic acids is 1. The molecule has 1 saturated heterocycles. The summed E-state index contributed by atoms with van der Waals surface area (Å²) in [6.07, 6.45) is 0. The summed E-state index contributed by atoms with van der Waals surface area (Å²) in [7, 11) is 1.58. The molecule has 1 aliphatic heterocycles. The van der Waals surface area contributed by atoms with Crippen molar-refractivity contribution >= 4 is 17.8 Å². The zero-order valence-electron chi connectivity index (χ0n) is 21.4. The molecule has 192 valence electrons. The second-order valence-electron chi connectivity index (χ2n) is 9.80. The van der Waals surface area contributed by atoms with Crippen LogP contribution in [-0.4, -0.2) is 64.9 Å². The molecule has 4 rings (SSSR count). The summed E-state index contributed by atoms with van der Waals surface area (Å²) in [6.45, 7) is 3.76. The molecule has 0 aliphatic carbocycles. The van der Waals surface area contributed by atoms with Crippen molar-refractivity contribution in [3.63, 3.8) is 0 Å². The number of benzene rings is 3. The minimum absolute atomic E-state index is 0.182. The lowest BCUT2D eigenvalue weighted by molar-refractivity contribution is -0.143. The third kappa shape index (κ3) is 5.27. The molecule has 37 heavy (non-hydrogen) atoms. The van der Waals surface area contributed by atoms with Gasteiger partial charge in [0.25, 0.3) is 0 Å². The van der Waals surface area contributed by atoms with Gasteiger partial charge in [0.05, 0.1) is 12.1 Å². The van der Waals surface area contributed by atoms with Crippen molar-refractivity contribution in [2.24, 2.45) is 5.92 Å². The highest BCUT2D eigenvalue weighted by Crippen LogP contribution is 2.48. The Kier molecular flexibility index (Phi) is 7.74. The summed E-state index contributed by atoms with van der Waals surface area (Å²) in [5.74, 6) is -2.04. The van der Waals surface area contributed by atoms with Gasteiger partial charge in [-0.15, -0.1) is 0 Å². The number of carbonyl (C=O) groups is 3. The molecular weight excluding hydrogens is 466 g/mol. The molecule has 3 atom stereocenters. The van der Waals surface area contributed by atoms with E-state index in [4.69, 9.17) is 0 Å². The van der Waals surface area contributed by atoms with Gasteiger partial charge in [-0.25, -0.2) is 4.79 Å². The smallest absolute Gasteiger partial charge is 0.326 e. The molecule has 0 bridgehead atoms. The Bertz CT molecular complexity index is 1130. The Morgan fingerprint density at radius 3 is 1.70 bits per heavy atom. The summed E-state index contributed by atoms with van der Waals surface area (Å²) in [5, 5.41) is 11.9. The molecule has 2 N–H and O–H groups in total. The summed E-state index contributed by atoms with van der Waals surface area (Å²) < 4.78 is 0. The lowest BCUT2D eigenvalue weighted by atomic mass is 9.76. The van der Waals surface area contributed by atoms with Crippen LogP contribution in [0, 0.1) is 5.92 Å². The molecule has 0 radical (unpaired) electrons. The number of likely N-dealkylation sites (N-methyl/N-ethyl adjacent to an activating group) is 1. The lowest BCUT2D eigenvalue weighted by Gasteiger charge is -2.38. The maximum atomic E-state index is 13.5. The Labute approximate surface area is 217 Å².